The molecule has 0 aromatic heterocycles. The molecule has 1 aliphatic heterocycles. The van der Waals surface area contributed by atoms with Crippen molar-refractivity contribution in [3.63, 3.8) is 0 Å². The van der Waals surface area contributed by atoms with Crippen LogP contribution in [0.2, 0.25) is 0 Å². The van der Waals surface area contributed by atoms with Gasteiger partial charge in [0.05, 0.1) is 6.61 Å². The van der Waals surface area contributed by atoms with Crippen molar-refractivity contribution in [3.05, 3.63) is 0 Å². The van der Waals surface area contributed by atoms with Gasteiger partial charge in [-0.05, 0) is 39.2 Å². The summed E-state index contributed by atoms with van der Waals surface area (Å²) in [5.74, 6) is 0.754. The van der Waals surface area contributed by atoms with E-state index in [-0.39, 0.29) is 6.04 Å². The van der Waals surface area contributed by atoms with E-state index in [9.17, 15) is 5.11 Å². The molecule has 1 rings (SSSR count). The molecule has 1 saturated heterocycles. The normalized spacial score (nSPS) is 31.2. The van der Waals surface area contributed by atoms with Crippen LogP contribution in [0.1, 0.15) is 40.0 Å². The van der Waals surface area contributed by atoms with Crippen LogP contribution < -0.4 is 5.32 Å². The first-order chi connectivity index (χ1) is 7.10. The van der Waals surface area contributed by atoms with Gasteiger partial charge in [-0.15, -0.1) is 0 Å². The van der Waals surface area contributed by atoms with E-state index >= 15 is 0 Å². The van der Waals surface area contributed by atoms with Gasteiger partial charge in [-0.2, -0.15) is 0 Å². The second kappa shape index (κ2) is 5.83. The van der Waals surface area contributed by atoms with Crippen LogP contribution in [0.25, 0.3) is 0 Å². The lowest BCUT2D eigenvalue weighted by molar-refractivity contribution is -0.0644. The second-order valence-corrected chi connectivity index (χ2v) is 4.80. The Bertz CT molecular complexity index is 182. The largest absolute Gasteiger partial charge is 0.386 e. The predicted octanol–water partition coefficient (Wildman–Crippen LogP) is 1.55. The highest BCUT2D eigenvalue weighted by Gasteiger charge is 2.35. The Labute approximate surface area is 93.2 Å². The van der Waals surface area contributed by atoms with E-state index < -0.39 is 5.60 Å². The minimum atomic E-state index is -0.732. The lowest BCUT2D eigenvalue weighted by Gasteiger charge is -2.39. The Balaban J connectivity index is 2.45. The van der Waals surface area contributed by atoms with Gasteiger partial charge in [-0.1, -0.05) is 13.3 Å². The number of nitrogens with one attached hydrogen (secondary N) is 1. The molecule has 0 aliphatic carbocycles. The lowest BCUT2D eigenvalue weighted by Crippen LogP contribution is -2.55. The maximum Gasteiger partial charge on any atom is 0.100 e. The molecule has 0 bridgehead atoms. The van der Waals surface area contributed by atoms with Gasteiger partial charge in [0, 0.05) is 12.6 Å². The number of rotatable bonds is 5. The third-order valence-corrected chi connectivity index (χ3v) is 3.44. The molecule has 0 aromatic rings. The van der Waals surface area contributed by atoms with Gasteiger partial charge in [0.1, 0.15) is 5.60 Å². The van der Waals surface area contributed by atoms with E-state index in [0.29, 0.717) is 13.2 Å². The predicted molar refractivity (Wildman–Crippen MR) is 61.9 cm³/mol. The van der Waals surface area contributed by atoms with Crippen LogP contribution in [0.15, 0.2) is 0 Å². The quantitative estimate of drug-likeness (QED) is 0.731. The van der Waals surface area contributed by atoms with Gasteiger partial charge >= 0.3 is 0 Å². The fourth-order valence-electron chi connectivity index (χ4n) is 2.25. The molecule has 0 spiro atoms. The number of piperidine rings is 1. The molecular formula is C12H25NO2. The molecular weight excluding hydrogens is 190 g/mol. The van der Waals surface area contributed by atoms with Crippen molar-refractivity contribution in [2.24, 2.45) is 5.92 Å². The molecule has 0 amide bonds. The smallest absolute Gasteiger partial charge is 0.100 e. The summed E-state index contributed by atoms with van der Waals surface area (Å²) in [6, 6.07) is 0.183. The zero-order chi connectivity index (χ0) is 11.3. The number of hydrogen-bond donors (Lipinski definition) is 2. The Hall–Kier alpha value is -0.120. The molecule has 0 radical (unpaired) electrons. The Morgan fingerprint density at radius 1 is 1.47 bits per heavy atom. The van der Waals surface area contributed by atoms with Gasteiger partial charge in [0.2, 0.25) is 0 Å². The third-order valence-electron chi connectivity index (χ3n) is 3.44. The highest BCUT2D eigenvalue weighted by Crippen LogP contribution is 2.25. The molecule has 2 N–H and O–H groups in total. The van der Waals surface area contributed by atoms with Crippen LogP contribution in [0, 0.1) is 5.92 Å². The molecule has 15 heavy (non-hydrogen) atoms. The summed E-state index contributed by atoms with van der Waals surface area (Å²) in [5, 5.41) is 13.7. The maximum absolute atomic E-state index is 10.3. The average molecular weight is 215 g/mol. The van der Waals surface area contributed by atoms with Gasteiger partial charge in [0.15, 0.2) is 0 Å². The second-order valence-electron chi connectivity index (χ2n) is 4.80. The van der Waals surface area contributed by atoms with Crippen LogP contribution in [0.3, 0.4) is 0 Å². The minimum Gasteiger partial charge on any atom is -0.386 e. The standard InChI is InChI=1S/C12H25NO2/c1-4-10-6-7-13-11(8-10)12(3,14)9-15-5-2/h10-11,13-14H,4-9H2,1-3H3. The Morgan fingerprint density at radius 3 is 2.80 bits per heavy atom. The summed E-state index contributed by atoms with van der Waals surface area (Å²) in [5.41, 5.74) is -0.732. The number of ether oxygens (including phenoxy) is 1. The van der Waals surface area contributed by atoms with Crippen LogP contribution in [0.4, 0.5) is 0 Å². The summed E-state index contributed by atoms with van der Waals surface area (Å²) < 4.78 is 5.33. The monoisotopic (exact) mass is 215 g/mol. The summed E-state index contributed by atoms with van der Waals surface area (Å²) >= 11 is 0. The van der Waals surface area contributed by atoms with Crippen LogP contribution >= 0.6 is 0 Å². The first-order valence-corrected chi connectivity index (χ1v) is 6.13. The molecule has 3 heteroatoms. The summed E-state index contributed by atoms with van der Waals surface area (Å²) in [6.45, 7) is 8.17. The highest BCUT2D eigenvalue weighted by molar-refractivity contribution is 4.92. The van der Waals surface area contributed by atoms with E-state index in [1.54, 1.807) is 0 Å². The summed E-state index contributed by atoms with van der Waals surface area (Å²) in [7, 11) is 0. The Morgan fingerprint density at radius 2 is 2.20 bits per heavy atom. The Kier molecular flexibility index (Phi) is 5.03. The molecule has 1 fully saturated rings. The molecule has 3 unspecified atom stereocenters. The van der Waals surface area contributed by atoms with Crippen molar-refractivity contribution in [3.8, 4) is 0 Å². The van der Waals surface area contributed by atoms with Crippen molar-refractivity contribution in [2.75, 3.05) is 19.8 Å². The molecule has 0 aromatic carbocycles. The molecule has 1 heterocycles. The first kappa shape index (κ1) is 12.9. The van der Waals surface area contributed by atoms with E-state index in [1.807, 2.05) is 13.8 Å². The number of aliphatic hydroxyl groups is 1. The number of hydrogen-bond acceptors (Lipinski definition) is 3. The topological polar surface area (TPSA) is 41.5 Å². The van der Waals surface area contributed by atoms with Crippen molar-refractivity contribution >= 4 is 0 Å². The van der Waals surface area contributed by atoms with Crippen molar-refractivity contribution in [2.45, 2.75) is 51.7 Å². The SMILES string of the molecule is CCOCC(C)(O)C1CC(CC)CCN1. The van der Waals surface area contributed by atoms with Crippen molar-refractivity contribution < 1.29 is 9.84 Å². The van der Waals surface area contributed by atoms with Gasteiger partial charge in [0.25, 0.3) is 0 Å². The van der Waals surface area contributed by atoms with Crippen molar-refractivity contribution in [1.82, 2.24) is 5.32 Å². The minimum absolute atomic E-state index is 0.183. The lowest BCUT2D eigenvalue weighted by atomic mass is 9.83. The van der Waals surface area contributed by atoms with E-state index in [1.165, 1.54) is 12.8 Å². The maximum atomic E-state index is 10.3. The molecule has 3 nitrogen and oxygen atoms in total. The van der Waals surface area contributed by atoms with Crippen LogP contribution in [-0.4, -0.2) is 36.5 Å². The summed E-state index contributed by atoms with van der Waals surface area (Å²) in [4.78, 5) is 0. The van der Waals surface area contributed by atoms with Gasteiger partial charge < -0.3 is 15.2 Å². The molecule has 1 aliphatic rings. The summed E-state index contributed by atoms with van der Waals surface area (Å²) in [6.07, 6.45) is 3.51. The molecule has 0 saturated carbocycles. The van der Waals surface area contributed by atoms with Crippen LogP contribution in [0.5, 0.6) is 0 Å². The molecule has 3 atom stereocenters. The van der Waals surface area contributed by atoms with Gasteiger partial charge in [-0.3, -0.25) is 0 Å². The van der Waals surface area contributed by atoms with E-state index in [0.717, 1.165) is 18.9 Å². The zero-order valence-electron chi connectivity index (χ0n) is 10.3. The van der Waals surface area contributed by atoms with Gasteiger partial charge in [-0.25, -0.2) is 0 Å². The highest BCUT2D eigenvalue weighted by atomic mass is 16.5. The third kappa shape index (κ3) is 3.74. The van der Waals surface area contributed by atoms with E-state index in [2.05, 4.69) is 12.2 Å². The molecule has 90 valence electrons. The first-order valence-electron chi connectivity index (χ1n) is 6.13. The van der Waals surface area contributed by atoms with Crippen molar-refractivity contribution in [1.29, 1.82) is 0 Å². The zero-order valence-corrected chi connectivity index (χ0v) is 10.3. The average Bonchev–Trinajstić information content (AvgIpc) is 2.26. The fraction of sp³-hybridized carbons (Fsp3) is 1.00. The fourth-order valence-corrected chi connectivity index (χ4v) is 2.25. The van der Waals surface area contributed by atoms with E-state index in [4.69, 9.17) is 4.74 Å². The van der Waals surface area contributed by atoms with Crippen LogP contribution in [-0.2, 0) is 4.74 Å².